The minimum atomic E-state index is 0.0435. The Labute approximate surface area is 131 Å². The normalized spacial score (nSPS) is 16.8. The van der Waals surface area contributed by atoms with E-state index in [-0.39, 0.29) is 12.1 Å². The zero-order valence-electron chi connectivity index (χ0n) is 13.3. The van der Waals surface area contributed by atoms with Crippen LogP contribution in [0.25, 0.3) is 0 Å². The van der Waals surface area contributed by atoms with Crippen LogP contribution in [0.5, 0.6) is 0 Å². The quantitative estimate of drug-likeness (QED) is 0.536. The Morgan fingerprint density at radius 3 is 2.14 bits per heavy atom. The minimum Gasteiger partial charge on any atom is -0.227 e. The van der Waals surface area contributed by atoms with E-state index >= 15 is 0 Å². The molecule has 0 aromatic heterocycles. The molecule has 1 aromatic carbocycles. The number of nitroso groups, excluding NO2 is 2. The summed E-state index contributed by atoms with van der Waals surface area (Å²) in [4.78, 5) is 22.3. The second kappa shape index (κ2) is 7.87. The van der Waals surface area contributed by atoms with Gasteiger partial charge in [-0.1, -0.05) is 26.2 Å². The first-order valence-corrected chi connectivity index (χ1v) is 8.06. The van der Waals surface area contributed by atoms with Crippen LogP contribution >= 0.6 is 0 Å². The Bertz CT molecular complexity index is 485. The summed E-state index contributed by atoms with van der Waals surface area (Å²) in [6.45, 7) is 3.97. The molecule has 1 aliphatic carbocycles. The van der Waals surface area contributed by atoms with Crippen LogP contribution in [0.1, 0.15) is 52.4 Å². The van der Waals surface area contributed by atoms with Crippen molar-refractivity contribution in [3.05, 3.63) is 34.1 Å². The van der Waals surface area contributed by atoms with Crippen LogP contribution in [0.4, 0.5) is 11.4 Å². The van der Waals surface area contributed by atoms with Gasteiger partial charge in [-0.15, -0.1) is 9.81 Å². The summed E-state index contributed by atoms with van der Waals surface area (Å²) in [5, 5.41) is 9.35. The highest BCUT2D eigenvalue weighted by atomic mass is 16.3. The number of rotatable bonds is 7. The molecule has 0 heterocycles. The first-order chi connectivity index (χ1) is 10.7. The van der Waals surface area contributed by atoms with E-state index in [0.717, 1.165) is 43.5 Å². The van der Waals surface area contributed by atoms with Gasteiger partial charge in [0.2, 0.25) is 0 Å². The van der Waals surface area contributed by atoms with Gasteiger partial charge >= 0.3 is 0 Å². The molecule has 1 unspecified atom stereocenters. The van der Waals surface area contributed by atoms with E-state index in [1.807, 2.05) is 38.1 Å². The Morgan fingerprint density at radius 1 is 1.05 bits per heavy atom. The van der Waals surface area contributed by atoms with Crippen LogP contribution in [-0.2, 0) is 0 Å². The van der Waals surface area contributed by atoms with Gasteiger partial charge in [-0.25, -0.2) is 10.0 Å². The third-order valence-corrected chi connectivity index (χ3v) is 4.48. The summed E-state index contributed by atoms with van der Waals surface area (Å²) in [6.07, 6.45) is 6.36. The molecular weight excluding hydrogens is 280 g/mol. The molecule has 22 heavy (non-hydrogen) atoms. The molecule has 1 aromatic rings. The fraction of sp³-hybridized carbons (Fsp3) is 0.625. The lowest BCUT2D eigenvalue weighted by Crippen LogP contribution is -2.32. The monoisotopic (exact) mass is 304 g/mol. The van der Waals surface area contributed by atoms with E-state index in [1.165, 1.54) is 11.4 Å². The molecule has 0 N–H and O–H groups in total. The van der Waals surface area contributed by atoms with Crippen molar-refractivity contribution in [2.24, 2.45) is 10.6 Å². The molecule has 0 saturated heterocycles. The molecule has 1 fully saturated rings. The second-order valence-electron chi connectivity index (χ2n) is 5.92. The largest absolute Gasteiger partial charge is 0.227 e. The Morgan fingerprint density at radius 2 is 1.64 bits per heavy atom. The number of anilines is 2. The summed E-state index contributed by atoms with van der Waals surface area (Å²) in [5.74, 6) is 0. The molecule has 1 aliphatic rings. The standard InChI is InChI=1S/C16H24N4O2/c1-3-13(2)19(17-21)15-9-11-16(12-10-15)20(18-22)14-7-5-4-6-8-14/h9-14H,3-8H2,1-2H3. The van der Waals surface area contributed by atoms with Gasteiger partial charge in [0.25, 0.3) is 0 Å². The molecule has 0 bridgehead atoms. The number of hydrogen-bond acceptors (Lipinski definition) is 4. The maximum Gasteiger partial charge on any atom is 0.0631 e. The molecule has 6 nitrogen and oxygen atoms in total. The molecule has 6 heteroatoms. The molecule has 0 aliphatic heterocycles. The summed E-state index contributed by atoms with van der Waals surface area (Å²) in [5.41, 5.74) is 1.52. The lowest BCUT2D eigenvalue weighted by atomic mass is 9.95. The van der Waals surface area contributed by atoms with Crippen LogP contribution < -0.4 is 10.0 Å². The van der Waals surface area contributed by atoms with Crippen molar-refractivity contribution in [2.45, 2.75) is 64.5 Å². The Balaban J connectivity index is 2.15. The maximum atomic E-state index is 11.2. The molecule has 0 radical (unpaired) electrons. The molecule has 2 rings (SSSR count). The van der Waals surface area contributed by atoms with E-state index < -0.39 is 0 Å². The predicted octanol–water partition coefficient (Wildman–Crippen LogP) is 4.79. The van der Waals surface area contributed by atoms with Gasteiger partial charge < -0.3 is 0 Å². The first kappa shape index (κ1) is 16.4. The van der Waals surface area contributed by atoms with Gasteiger partial charge in [-0.2, -0.15) is 0 Å². The highest BCUT2D eigenvalue weighted by Crippen LogP contribution is 2.29. The highest BCUT2D eigenvalue weighted by molar-refractivity contribution is 5.56. The van der Waals surface area contributed by atoms with Crippen LogP contribution in [0.15, 0.2) is 34.8 Å². The van der Waals surface area contributed by atoms with Crippen LogP contribution in [0, 0.1) is 9.81 Å². The van der Waals surface area contributed by atoms with E-state index in [9.17, 15) is 9.81 Å². The van der Waals surface area contributed by atoms with Crippen molar-refractivity contribution in [1.29, 1.82) is 0 Å². The van der Waals surface area contributed by atoms with Gasteiger partial charge in [0.1, 0.15) is 0 Å². The Kier molecular flexibility index (Phi) is 5.86. The number of nitrogens with zero attached hydrogens (tertiary/aromatic N) is 4. The molecule has 0 spiro atoms. The SMILES string of the molecule is CCC(C)N(N=O)c1ccc(N(N=O)C2CCCCC2)cc1. The predicted molar refractivity (Wildman–Crippen MR) is 89.6 cm³/mol. The first-order valence-electron chi connectivity index (χ1n) is 8.06. The second-order valence-corrected chi connectivity index (χ2v) is 5.92. The van der Waals surface area contributed by atoms with Crippen molar-refractivity contribution in [2.75, 3.05) is 10.0 Å². The molecule has 120 valence electrons. The van der Waals surface area contributed by atoms with Gasteiger partial charge in [-0.3, -0.25) is 0 Å². The fourth-order valence-corrected chi connectivity index (χ4v) is 2.96. The third kappa shape index (κ3) is 3.61. The van der Waals surface area contributed by atoms with Crippen molar-refractivity contribution < 1.29 is 0 Å². The number of hydrogen-bond donors (Lipinski definition) is 0. The topological polar surface area (TPSA) is 65.3 Å². The average molecular weight is 304 g/mol. The van der Waals surface area contributed by atoms with E-state index in [0.29, 0.717) is 0 Å². The van der Waals surface area contributed by atoms with E-state index in [1.54, 1.807) is 5.01 Å². The van der Waals surface area contributed by atoms with Crippen LogP contribution in [-0.4, -0.2) is 12.1 Å². The summed E-state index contributed by atoms with van der Waals surface area (Å²) in [7, 11) is 0. The van der Waals surface area contributed by atoms with Gasteiger partial charge in [-0.05, 0) is 50.5 Å². The number of benzene rings is 1. The van der Waals surface area contributed by atoms with Crippen molar-refractivity contribution in [3.63, 3.8) is 0 Å². The van der Waals surface area contributed by atoms with Crippen molar-refractivity contribution >= 4 is 11.4 Å². The van der Waals surface area contributed by atoms with Crippen LogP contribution in [0.3, 0.4) is 0 Å². The van der Waals surface area contributed by atoms with Crippen LogP contribution in [0.2, 0.25) is 0 Å². The zero-order chi connectivity index (χ0) is 15.9. The Hall–Kier alpha value is -1.98. The molecular formula is C16H24N4O2. The molecule has 1 atom stereocenters. The smallest absolute Gasteiger partial charge is 0.0631 e. The maximum absolute atomic E-state index is 11.2. The lowest BCUT2D eigenvalue weighted by Gasteiger charge is -2.29. The van der Waals surface area contributed by atoms with Gasteiger partial charge in [0, 0.05) is 0 Å². The molecule has 0 amide bonds. The zero-order valence-corrected chi connectivity index (χ0v) is 13.3. The fourth-order valence-electron chi connectivity index (χ4n) is 2.96. The van der Waals surface area contributed by atoms with Crippen molar-refractivity contribution in [3.8, 4) is 0 Å². The van der Waals surface area contributed by atoms with E-state index in [2.05, 4.69) is 10.6 Å². The van der Waals surface area contributed by atoms with Crippen molar-refractivity contribution in [1.82, 2.24) is 0 Å². The third-order valence-electron chi connectivity index (χ3n) is 4.48. The lowest BCUT2D eigenvalue weighted by molar-refractivity contribution is 0.418. The average Bonchev–Trinajstić information content (AvgIpc) is 2.58. The van der Waals surface area contributed by atoms with Gasteiger partial charge in [0.05, 0.1) is 34.0 Å². The minimum absolute atomic E-state index is 0.0435. The summed E-state index contributed by atoms with van der Waals surface area (Å²) in [6, 6.07) is 7.56. The summed E-state index contributed by atoms with van der Waals surface area (Å²) < 4.78 is 0. The van der Waals surface area contributed by atoms with E-state index in [4.69, 9.17) is 0 Å². The molecule has 1 saturated carbocycles. The van der Waals surface area contributed by atoms with Gasteiger partial charge in [0.15, 0.2) is 0 Å². The highest BCUT2D eigenvalue weighted by Gasteiger charge is 2.23. The summed E-state index contributed by atoms with van der Waals surface area (Å²) >= 11 is 0.